The van der Waals surface area contributed by atoms with Crippen molar-refractivity contribution in [1.82, 2.24) is 14.6 Å². The van der Waals surface area contributed by atoms with E-state index in [4.69, 9.17) is 16.3 Å². The van der Waals surface area contributed by atoms with Crippen LogP contribution in [0.1, 0.15) is 60.2 Å². The van der Waals surface area contributed by atoms with Gasteiger partial charge in [0.25, 0.3) is 15.9 Å². The summed E-state index contributed by atoms with van der Waals surface area (Å²) in [5, 5.41) is 5.01. The number of carbonyl (C=O) groups excluding carboxylic acids is 1. The second-order valence-electron chi connectivity index (χ2n) is 17.3. The Labute approximate surface area is 382 Å². The van der Waals surface area contributed by atoms with Gasteiger partial charge in [0.2, 0.25) is 0 Å². The van der Waals surface area contributed by atoms with E-state index in [-0.39, 0.29) is 21.6 Å². The largest absolute Gasteiger partial charge is 0.755 e. The van der Waals surface area contributed by atoms with Crippen LogP contribution in [-0.4, -0.2) is 72.2 Å². The first-order chi connectivity index (χ1) is 30.7. The maximum atomic E-state index is 14.0. The van der Waals surface area contributed by atoms with Crippen LogP contribution >= 0.6 is 11.6 Å². The van der Waals surface area contributed by atoms with Crippen LogP contribution in [0.3, 0.4) is 0 Å². The van der Waals surface area contributed by atoms with E-state index < -0.39 is 27.2 Å². The number of piperazine rings is 1. The molecule has 1 amide bonds. The normalized spacial score (nSPS) is 16.1. The van der Waals surface area contributed by atoms with Crippen molar-refractivity contribution in [2.75, 3.05) is 54.2 Å². The van der Waals surface area contributed by atoms with Crippen molar-refractivity contribution in [1.29, 1.82) is 0 Å². The number of halogens is 1. The van der Waals surface area contributed by atoms with Crippen LogP contribution in [0.5, 0.6) is 11.5 Å². The van der Waals surface area contributed by atoms with E-state index in [0.29, 0.717) is 30.0 Å². The number of aromatic nitrogens is 1. The van der Waals surface area contributed by atoms with E-state index >= 15 is 0 Å². The minimum Gasteiger partial charge on any atom is -0.755 e. The van der Waals surface area contributed by atoms with Crippen LogP contribution in [0.4, 0.5) is 17.1 Å². The van der Waals surface area contributed by atoms with E-state index in [0.717, 1.165) is 84.9 Å². The predicted molar refractivity (Wildman–Crippen MR) is 256 cm³/mol. The molecule has 1 aliphatic heterocycles. The Morgan fingerprint density at radius 3 is 2.42 bits per heavy atom. The molecule has 5 aromatic carbocycles. The fourth-order valence-corrected chi connectivity index (χ4v) is 10.0. The number of amides is 1. The number of sulfonamides is 1. The van der Waals surface area contributed by atoms with Gasteiger partial charge >= 0.3 is 0 Å². The van der Waals surface area contributed by atoms with Crippen molar-refractivity contribution in [3.05, 3.63) is 148 Å². The highest BCUT2D eigenvalue weighted by molar-refractivity contribution is 7.90. The highest BCUT2D eigenvalue weighted by Crippen LogP contribution is 2.43. The topological polar surface area (TPSA) is 159 Å². The van der Waals surface area contributed by atoms with Crippen LogP contribution in [-0.2, 0) is 27.7 Å². The Balaban J connectivity index is 0.957. The summed E-state index contributed by atoms with van der Waals surface area (Å²) in [6, 6.07) is 32.8. The Kier molecular flexibility index (Phi) is 13.5. The summed E-state index contributed by atoms with van der Waals surface area (Å²) in [5.41, 5.74) is 9.21. The predicted octanol–water partition coefficient (Wildman–Crippen LogP) is 9.69. The summed E-state index contributed by atoms with van der Waals surface area (Å²) in [4.78, 5) is 21.9. The number of allylic oxidation sites excluding steroid dienone is 1. The minimum atomic E-state index is -4.28. The minimum absolute atomic E-state index is 0.0504. The second kappa shape index (κ2) is 19.2. The number of nitrogens with zero attached hydrogens (tertiary/aromatic N) is 2. The van der Waals surface area contributed by atoms with Gasteiger partial charge in [0.1, 0.15) is 11.5 Å². The van der Waals surface area contributed by atoms with Gasteiger partial charge in [0.05, 0.1) is 10.5 Å². The van der Waals surface area contributed by atoms with Crippen molar-refractivity contribution >= 4 is 72.3 Å². The molecular formula is C49H52ClN6O6S2-. The summed E-state index contributed by atoms with van der Waals surface area (Å²) >= 11 is 3.86. The van der Waals surface area contributed by atoms with Crippen molar-refractivity contribution in [3.8, 4) is 11.5 Å². The number of aryl methyl sites for hydroxylation is 1. The third-order valence-electron chi connectivity index (χ3n) is 12.1. The van der Waals surface area contributed by atoms with Gasteiger partial charge in [-0.05, 0) is 139 Å². The highest BCUT2D eigenvalue weighted by Gasteiger charge is 2.30. The molecule has 8 rings (SSSR count). The van der Waals surface area contributed by atoms with Crippen LogP contribution in [0.25, 0.3) is 16.5 Å². The molecule has 1 fully saturated rings. The number of rotatable bonds is 15. The molecule has 15 heteroatoms. The standard InChI is InChI=1S/C49H53ClN6O6S2/c1-33-28-42(14-17-45(33)51-22-19-34-4-10-39(11-5-34)53-63(58)59)64(60,61)54-48(57)43-15-12-40(30-47(43)62-41-13-16-46-36(29-41)20-23-52-46)56-26-24-55(25-27-56)32-37-18-21-49(2,3)31-44(37)35-6-8-38(50)9-7-35/h4-17,20,23,28-30,51-53H,18-19,21-22,24-27,31-32H2,1-3H3,(H,54,57)(H,58,59)/p-1. The molecule has 1 atom stereocenters. The van der Waals surface area contributed by atoms with Gasteiger partial charge < -0.3 is 29.2 Å². The van der Waals surface area contributed by atoms with Gasteiger partial charge in [-0.3, -0.25) is 13.9 Å². The maximum absolute atomic E-state index is 14.0. The fraction of sp³-hybridized carbons (Fsp3) is 0.286. The van der Waals surface area contributed by atoms with Gasteiger partial charge in [0.15, 0.2) is 0 Å². The number of fused-ring (bicyclic) bond motifs is 1. The maximum Gasteiger partial charge on any atom is 0.268 e. The summed E-state index contributed by atoms with van der Waals surface area (Å²) in [5.74, 6) is -0.0553. The molecule has 6 aromatic rings. The van der Waals surface area contributed by atoms with Crippen molar-refractivity contribution in [2.45, 2.75) is 51.3 Å². The van der Waals surface area contributed by atoms with Gasteiger partial charge in [-0.2, -0.15) is 0 Å². The Morgan fingerprint density at radius 1 is 0.922 bits per heavy atom. The van der Waals surface area contributed by atoms with E-state index in [2.05, 4.69) is 55.5 Å². The van der Waals surface area contributed by atoms with Gasteiger partial charge in [-0.25, -0.2) is 13.1 Å². The number of H-pyrrole nitrogens is 1. The van der Waals surface area contributed by atoms with E-state index in [1.807, 2.05) is 66.9 Å². The van der Waals surface area contributed by atoms with Gasteiger partial charge in [-0.15, -0.1) is 0 Å². The summed E-state index contributed by atoms with van der Waals surface area (Å²) in [6.45, 7) is 11.2. The second-order valence-corrected chi connectivity index (χ2v) is 20.1. The third kappa shape index (κ3) is 11.0. The van der Waals surface area contributed by atoms with Crippen LogP contribution in [0, 0.1) is 12.3 Å². The van der Waals surface area contributed by atoms with Crippen molar-refractivity contribution in [3.63, 3.8) is 0 Å². The zero-order chi connectivity index (χ0) is 45.0. The molecule has 1 saturated heterocycles. The van der Waals surface area contributed by atoms with E-state index in [1.54, 1.807) is 31.2 Å². The average Bonchev–Trinajstić information content (AvgIpc) is 3.74. The number of hydrogen-bond donors (Lipinski definition) is 4. The molecule has 12 nitrogen and oxygen atoms in total. The molecule has 0 spiro atoms. The molecule has 1 unspecified atom stereocenters. The Bertz CT molecular complexity index is 2820. The number of aromatic amines is 1. The number of nitrogens with one attached hydrogen (secondary N) is 4. The first-order valence-electron chi connectivity index (χ1n) is 21.4. The number of ether oxygens (including phenoxy) is 1. The van der Waals surface area contributed by atoms with Gasteiger partial charge in [0, 0.05) is 95.8 Å². The first kappa shape index (κ1) is 44.9. The monoisotopic (exact) mass is 919 g/mol. The fourth-order valence-electron chi connectivity index (χ4n) is 8.51. The lowest BCUT2D eigenvalue weighted by atomic mass is 9.72. The number of anilines is 3. The Morgan fingerprint density at radius 2 is 1.69 bits per heavy atom. The molecule has 64 heavy (non-hydrogen) atoms. The lowest BCUT2D eigenvalue weighted by Gasteiger charge is -2.39. The molecule has 0 saturated carbocycles. The van der Waals surface area contributed by atoms with Crippen molar-refractivity contribution in [2.24, 2.45) is 5.41 Å². The SMILES string of the molecule is Cc1cc(S(=O)(=O)NC(=O)c2ccc(N3CCN(CC4=C(c5ccc(Cl)cc5)CC(C)(C)CC4)CC3)cc2Oc2ccc3[nH]ccc3c2)ccc1NCCc1ccc(NS(=O)[O-])cc1. The zero-order valence-electron chi connectivity index (χ0n) is 36.1. The van der Waals surface area contributed by atoms with Crippen LogP contribution < -0.4 is 24.4 Å². The molecule has 1 aromatic heterocycles. The quantitative estimate of drug-likeness (QED) is 0.0736. The summed E-state index contributed by atoms with van der Waals surface area (Å²) < 4.78 is 60.3. The molecule has 334 valence electrons. The van der Waals surface area contributed by atoms with E-state index in [1.165, 1.54) is 28.8 Å². The summed E-state index contributed by atoms with van der Waals surface area (Å²) in [6.07, 6.45) is 5.75. The van der Waals surface area contributed by atoms with Crippen LogP contribution in [0.2, 0.25) is 5.02 Å². The van der Waals surface area contributed by atoms with E-state index in [9.17, 15) is 22.0 Å². The molecule has 2 heterocycles. The smallest absolute Gasteiger partial charge is 0.268 e. The molecule has 0 bridgehead atoms. The zero-order valence-corrected chi connectivity index (χ0v) is 38.5. The van der Waals surface area contributed by atoms with Crippen molar-refractivity contribution < 1.29 is 26.7 Å². The number of carbonyl (C=O) groups is 1. The van der Waals surface area contributed by atoms with Crippen LogP contribution in [0.15, 0.2) is 126 Å². The van der Waals surface area contributed by atoms with Gasteiger partial charge in [-0.1, -0.05) is 55.3 Å². The molecule has 1 aliphatic carbocycles. The molecular weight excluding hydrogens is 868 g/mol. The molecule has 4 N–H and O–H groups in total. The molecule has 0 radical (unpaired) electrons. The number of hydrogen-bond acceptors (Lipinski definition) is 9. The lowest BCUT2D eigenvalue weighted by Crippen LogP contribution is -2.47. The number of benzene rings is 5. The highest BCUT2D eigenvalue weighted by atomic mass is 35.5. The first-order valence-corrected chi connectivity index (χ1v) is 24.3. The summed E-state index contributed by atoms with van der Waals surface area (Å²) in [7, 11) is -4.28. The molecule has 2 aliphatic rings. The average molecular weight is 921 g/mol. The lowest BCUT2D eigenvalue weighted by molar-refractivity contribution is 0.0979. The Hall–Kier alpha value is -5.64. The third-order valence-corrected chi connectivity index (χ3v) is 14.1.